The average Bonchev–Trinajstić information content (AvgIpc) is 3.44. The second kappa shape index (κ2) is 11.5. The van der Waals surface area contributed by atoms with Gasteiger partial charge in [0, 0.05) is 16.0 Å². The van der Waals surface area contributed by atoms with Crippen LogP contribution in [0.1, 0.15) is 16.1 Å². The quantitative estimate of drug-likeness (QED) is 0.192. The molecule has 0 radical (unpaired) electrons. The number of fused-ring (bicyclic) bond motifs is 1. The van der Waals surface area contributed by atoms with Crippen LogP contribution in [-0.4, -0.2) is 24.2 Å². The molecule has 178 valence electrons. The van der Waals surface area contributed by atoms with Gasteiger partial charge in [0.1, 0.15) is 5.01 Å². The van der Waals surface area contributed by atoms with E-state index in [-0.39, 0.29) is 29.6 Å². The predicted octanol–water partition coefficient (Wildman–Crippen LogP) is 4.11. The molecule has 0 unspecified atom stereocenters. The zero-order chi connectivity index (χ0) is 25.3. The van der Waals surface area contributed by atoms with Crippen LogP contribution in [0.5, 0.6) is 0 Å². The Bertz CT molecular complexity index is 1750. The summed E-state index contributed by atoms with van der Waals surface area (Å²) in [6, 6.07) is 29.5. The van der Waals surface area contributed by atoms with Gasteiger partial charge in [-0.25, -0.2) is 18.2 Å². The van der Waals surface area contributed by atoms with Gasteiger partial charge in [0.05, 0.1) is 26.9 Å². The molecule has 0 atom stereocenters. The standard InChI is InChI=1S/C27H16N2S2.CH4O3S.Na/c1-28-26(27-29-22-12-5-6-13-24(22)31-27)21-16-17-14-15-23(30-18-8-3-2-4-9-18)20-11-7-10-19(21)25(17)20;1-5(2,3)4;/h2-15H,16H2;1H3,(H,2,3,4);/q;;+1/p-1/b26-21+;;. The first-order valence-corrected chi connectivity index (χ1v) is 14.4. The van der Waals surface area contributed by atoms with Gasteiger partial charge in [-0.2, -0.15) is 0 Å². The smallest absolute Gasteiger partial charge is 0.748 e. The third-order valence-electron chi connectivity index (χ3n) is 5.64. The first-order chi connectivity index (χ1) is 17.3. The number of rotatable bonds is 3. The van der Waals surface area contributed by atoms with Crippen molar-refractivity contribution in [3.05, 3.63) is 112 Å². The minimum Gasteiger partial charge on any atom is -0.748 e. The van der Waals surface area contributed by atoms with Crippen LogP contribution in [0.4, 0.5) is 0 Å². The van der Waals surface area contributed by atoms with Gasteiger partial charge in [0.2, 0.25) is 5.70 Å². The SMILES string of the molecule is CS(=O)(=O)[O-].[C-]#[N+]/C(=C1\Cc2ccc(Sc3ccccc3)c3cccc1c23)c1nc2ccccc2s1.[Na+]. The summed E-state index contributed by atoms with van der Waals surface area (Å²) >= 11 is 3.39. The Balaban J connectivity index is 0.000000490. The molecule has 6 rings (SSSR count). The van der Waals surface area contributed by atoms with Crippen molar-refractivity contribution in [2.24, 2.45) is 0 Å². The summed E-state index contributed by atoms with van der Waals surface area (Å²) in [4.78, 5) is 11.2. The number of aromatic nitrogens is 1. The van der Waals surface area contributed by atoms with Crippen molar-refractivity contribution in [2.45, 2.75) is 16.2 Å². The number of hydrogen-bond donors (Lipinski definition) is 0. The van der Waals surface area contributed by atoms with E-state index < -0.39 is 10.1 Å². The van der Waals surface area contributed by atoms with Crippen LogP contribution in [0, 0.1) is 6.57 Å². The first kappa shape index (κ1) is 27.6. The van der Waals surface area contributed by atoms with Crippen molar-refractivity contribution >= 4 is 65.5 Å². The van der Waals surface area contributed by atoms with Crippen LogP contribution in [0.25, 0.3) is 37.1 Å². The van der Waals surface area contributed by atoms with Gasteiger partial charge in [0.25, 0.3) is 0 Å². The Morgan fingerprint density at radius 2 is 1.70 bits per heavy atom. The number of thiazole rings is 1. The van der Waals surface area contributed by atoms with Crippen LogP contribution >= 0.6 is 23.1 Å². The van der Waals surface area contributed by atoms with Crippen LogP contribution in [-0.2, 0) is 16.5 Å². The van der Waals surface area contributed by atoms with Gasteiger partial charge >= 0.3 is 29.6 Å². The fraction of sp³-hybridized carbons (Fsp3) is 0.0714. The Labute approximate surface area is 246 Å². The zero-order valence-electron chi connectivity index (χ0n) is 20.1. The van der Waals surface area contributed by atoms with E-state index >= 15 is 0 Å². The number of benzene rings is 4. The van der Waals surface area contributed by atoms with Crippen molar-refractivity contribution in [2.75, 3.05) is 6.26 Å². The zero-order valence-corrected chi connectivity index (χ0v) is 24.6. The fourth-order valence-corrected chi connectivity index (χ4v) is 6.22. The van der Waals surface area contributed by atoms with Crippen LogP contribution in [0.3, 0.4) is 0 Å². The molecule has 0 bridgehead atoms. The van der Waals surface area contributed by atoms with E-state index in [2.05, 4.69) is 65.5 Å². The fourth-order valence-electron chi connectivity index (χ4n) is 4.27. The van der Waals surface area contributed by atoms with E-state index in [0.717, 1.165) is 27.2 Å². The molecule has 0 spiro atoms. The van der Waals surface area contributed by atoms with E-state index in [1.54, 1.807) is 23.1 Å². The van der Waals surface area contributed by atoms with E-state index in [4.69, 9.17) is 24.5 Å². The Morgan fingerprint density at radius 3 is 2.41 bits per heavy atom. The molecule has 1 aliphatic carbocycles. The molecule has 0 saturated heterocycles. The number of hydrogen-bond acceptors (Lipinski definition) is 6. The summed E-state index contributed by atoms with van der Waals surface area (Å²) < 4.78 is 28.3. The van der Waals surface area contributed by atoms with Crippen molar-refractivity contribution in [3.63, 3.8) is 0 Å². The molecule has 5 nitrogen and oxygen atoms in total. The predicted molar refractivity (Wildman–Crippen MR) is 147 cm³/mol. The molecule has 0 amide bonds. The van der Waals surface area contributed by atoms with Crippen molar-refractivity contribution in [1.29, 1.82) is 0 Å². The third-order valence-corrected chi connectivity index (χ3v) is 7.77. The molecule has 4 aromatic carbocycles. The maximum atomic E-state index is 9.08. The minimum atomic E-state index is -3.92. The number of para-hydroxylation sites is 1. The summed E-state index contributed by atoms with van der Waals surface area (Å²) in [5, 5.41) is 3.35. The molecule has 0 saturated carbocycles. The molecule has 1 aromatic heterocycles. The molecular formula is C28H19N2NaO3S3. The van der Waals surface area contributed by atoms with E-state index in [1.165, 1.54) is 31.7 Å². The maximum absolute atomic E-state index is 9.08. The van der Waals surface area contributed by atoms with Gasteiger partial charge in [-0.05, 0) is 64.2 Å². The second-order valence-electron chi connectivity index (χ2n) is 8.17. The molecule has 9 heteroatoms. The molecule has 1 heterocycles. The van der Waals surface area contributed by atoms with Crippen molar-refractivity contribution < 1.29 is 42.5 Å². The molecule has 0 aliphatic heterocycles. The molecular weight excluding hydrogens is 532 g/mol. The van der Waals surface area contributed by atoms with E-state index in [1.807, 2.05) is 24.3 Å². The van der Waals surface area contributed by atoms with E-state index in [0.29, 0.717) is 12.0 Å². The van der Waals surface area contributed by atoms with E-state index in [9.17, 15) is 0 Å². The Morgan fingerprint density at radius 1 is 1.00 bits per heavy atom. The molecule has 37 heavy (non-hydrogen) atoms. The van der Waals surface area contributed by atoms with Gasteiger partial charge in [-0.15, -0.1) is 11.3 Å². The summed E-state index contributed by atoms with van der Waals surface area (Å²) in [6.45, 7) is 7.95. The van der Waals surface area contributed by atoms with Gasteiger partial charge in [-0.1, -0.05) is 66.4 Å². The molecule has 5 aromatic rings. The monoisotopic (exact) mass is 550 g/mol. The molecule has 0 fully saturated rings. The van der Waals surface area contributed by atoms with Crippen molar-refractivity contribution in [3.8, 4) is 0 Å². The Hall–Kier alpha value is -2.48. The van der Waals surface area contributed by atoms with Crippen LogP contribution in [0.2, 0.25) is 0 Å². The normalized spacial score (nSPS) is 13.4. The maximum Gasteiger partial charge on any atom is 1.00 e. The number of allylic oxidation sites excluding steroid dienone is 1. The van der Waals surface area contributed by atoms with Crippen LogP contribution < -0.4 is 29.6 Å². The van der Waals surface area contributed by atoms with Gasteiger partial charge < -0.3 is 4.55 Å². The molecule has 0 N–H and O–H groups in total. The summed E-state index contributed by atoms with van der Waals surface area (Å²) in [5.74, 6) is 0. The third kappa shape index (κ3) is 6.16. The van der Waals surface area contributed by atoms with Gasteiger partial charge in [0.15, 0.2) is 0 Å². The largest absolute Gasteiger partial charge is 1.00 e. The van der Waals surface area contributed by atoms with Gasteiger partial charge in [-0.3, -0.25) is 0 Å². The van der Waals surface area contributed by atoms with Crippen molar-refractivity contribution in [1.82, 2.24) is 4.98 Å². The average molecular weight is 551 g/mol. The topological polar surface area (TPSA) is 74.5 Å². The number of nitrogens with zero attached hydrogens (tertiary/aromatic N) is 2. The first-order valence-electron chi connectivity index (χ1n) is 11.0. The Kier molecular flexibility index (Phi) is 8.56. The minimum absolute atomic E-state index is 0. The summed E-state index contributed by atoms with van der Waals surface area (Å²) in [7, 11) is -3.92. The van der Waals surface area contributed by atoms with Crippen LogP contribution in [0.15, 0.2) is 94.7 Å². The summed E-state index contributed by atoms with van der Waals surface area (Å²) in [5.41, 5.74) is 5.20. The second-order valence-corrected chi connectivity index (χ2v) is 11.7. The summed E-state index contributed by atoms with van der Waals surface area (Å²) in [6.07, 6.45) is 1.38. The molecule has 1 aliphatic rings.